The number of ether oxygens (including phenoxy) is 1. The molecule has 3 aliphatic heterocycles. The Labute approximate surface area is 123 Å². The first-order valence-corrected chi connectivity index (χ1v) is 8.59. The molecule has 3 heterocycles. The fourth-order valence-electron chi connectivity index (χ4n) is 4.02. The van der Waals surface area contributed by atoms with Gasteiger partial charge in [0.2, 0.25) is 0 Å². The van der Waals surface area contributed by atoms with Crippen molar-refractivity contribution >= 4 is 0 Å². The molecule has 2 N–H and O–H groups in total. The second-order valence-corrected chi connectivity index (χ2v) is 7.04. The maximum Gasteiger partial charge on any atom is 0.0510 e. The van der Waals surface area contributed by atoms with Gasteiger partial charge >= 0.3 is 0 Å². The Morgan fingerprint density at radius 1 is 1.00 bits per heavy atom. The second kappa shape index (κ2) is 7.21. The number of nitrogens with two attached hydrogens (primary N) is 1. The summed E-state index contributed by atoms with van der Waals surface area (Å²) in [5, 5.41) is 0. The van der Waals surface area contributed by atoms with E-state index in [4.69, 9.17) is 10.5 Å². The van der Waals surface area contributed by atoms with E-state index in [1.165, 1.54) is 58.4 Å². The normalized spacial score (nSPS) is 31.9. The maximum atomic E-state index is 6.35. The lowest BCUT2D eigenvalue weighted by atomic mass is 9.94. The van der Waals surface area contributed by atoms with Gasteiger partial charge in [-0.15, -0.1) is 0 Å². The Hall–Kier alpha value is -0.160. The largest absolute Gasteiger partial charge is 0.381 e. The maximum absolute atomic E-state index is 6.35. The molecule has 3 fully saturated rings. The molecule has 0 bridgehead atoms. The highest BCUT2D eigenvalue weighted by Gasteiger charge is 2.27. The SMILES string of the molecule is NC(CN1CCC(CN2CCCC2)CC1)C1CCOC1. The van der Waals surface area contributed by atoms with Crippen LogP contribution in [-0.2, 0) is 4.74 Å². The summed E-state index contributed by atoms with van der Waals surface area (Å²) < 4.78 is 5.45. The Kier molecular flexibility index (Phi) is 5.32. The lowest BCUT2D eigenvalue weighted by molar-refractivity contribution is 0.133. The van der Waals surface area contributed by atoms with E-state index in [9.17, 15) is 0 Å². The van der Waals surface area contributed by atoms with Crippen LogP contribution in [0.25, 0.3) is 0 Å². The Bertz CT molecular complexity index is 279. The summed E-state index contributed by atoms with van der Waals surface area (Å²) in [6, 6.07) is 0.313. The van der Waals surface area contributed by atoms with Crippen LogP contribution < -0.4 is 5.73 Å². The van der Waals surface area contributed by atoms with Crippen LogP contribution in [0.5, 0.6) is 0 Å². The number of rotatable bonds is 5. The van der Waals surface area contributed by atoms with E-state index in [0.29, 0.717) is 12.0 Å². The van der Waals surface area contributed by atoms with Crippen LogP contribution in [0.4, 0.5) is 0 Å². The van der Waals surface area contributed by atoms with E-state index >= 15 is 0 Å². The molecule has 0 radical (unpaired) electrons. The average molecular weight is 281 g/mol. The van der Waals surface area contributed by atoms with Crippen molar-refractivity contribution in [3.8, 4) is 0 Å². The molecule has 3 aliphatic rings. The van der Waals surface area contributed by atoms with Crippen molar-refractivity contribution in [1.29, 1.82) is 0 Å². The molecule has 0 amide bonds. The van der Waals surface area contributed by atoms with Gasteiger partial charge in [-0.1, -0.05) is 0 Å². The highest BCUT2D eigenvalue weighted by Crippen LogP contribution is 2.22. The molecule has 0 aliphatic carbocycles. The Morgan fingerprint density at radius 2 is 1.75 bits per heavy atom. The molecular formula is C16H31N3O. The van der Waals surface area contributed by atoms with E-state index in [1.807, 2.05) is 0 Å². The van der Waals surface area contributed by atoms with Crippen LogP contribution in [0, 0.1) is 11.8 Å². The van der Waals surface area contributed by atoms with E-state index in [0.717, 1.165) is 32.1 Å². The average Bonchev–Trinajstić information content (AvgIpc) is 3.13. The molecule has 3 rings (SSSR count). The van der Waals surface area contributed by atoms with Crippen molar-refractivity contribution in [3.05, 3.63) is 0 Å². The predicted molar refractivity (Wildman–Crippen MR) is 81.7 cm³/mol. The molecule has 20 heavy (non-hydrogen) atoms. The van der Waals surface area contributed by atoms with Crippen molar-refractivity contribution in [2.24, 2.45) is 17.6 Å². The molecule has 0 spiro atoms. The summed E-state index contributed by atoms with van der Waals surface area (Å²) >= 11 is 0. The molecule has 2 unspecified atom stereocenters. The van der Waals surface area contributed by atoms with Crippen LogP contribution in [0.1, 0.15) is 32.1 Å². The van der Waals surface area contributed by atoms with E-state index in [1.54, 1.807) is 0 Å². The lowest BCUT2D eigenvalue weighted by Crippen LogP contribution is -2.46. The molecule has 0 saturated carbocycles. The molecule has 0 aromatic carbocycles. The second-order valence-electron chi connectivity index (χ2n) is 7.04. The van der Waals surface area contributed by atoms with Crippen molar-refractivity contribution in [2.45, 2.75) is 38.1 Å². The third-order valence-corrected chi connectivity index (χ3v) is 5.46. The molecular weight excluding hydrogens is 250 g/mol. The highest BCUT2D eigenvalue weighted by molar-refractivity contribution is 4.83. The van der Waals surface area contributed by atoms with Crippen molar-refractivity contribution in [3.63, 3.8) is 0 Å². The lowest BCUT2D eigenvalue weighted by Gasteiger charge is -2.35. The molecule has 4 heteroatoms. The minimum absolute atomic E-state index is 0.313. The van der Waals surface area contributed by atoms with Gasteiger partial charge in [-0.3, -0.25) is 0 Å². The standard InChI is InChI=1S/C16H31N3O/c17-16(15-5-10-20-13-15)12-19-8-3-14(4-9-19)11-18-6-1-2-7-18/h14-16H,1-13,17H2. The quantitative estimate of drug-likeness (QED) is 0.821. The van der Waals surface area contributed by atoms with Gasteiger partial charge in [-0.25, -0.2) is 0 Å². The summed E-state index contributed by atoms with van der Waals surface area (Å²) in [4.78, 5) is 5.26. The molecule has 0 aromatic heterocycles. The summed E-state index contributed by atoms with van der Waals surface area (Å²) in [5.41, 5.74) is 6.35. The van der Waals surface area contributed by atoms with Gasteiger partial charge in [0, 0.05) is 31.7 Å². The zero-order valence-electron chi connectivity index (χ0n) is 12.8. The predicted octanol–water partition coefficient (Wildman–Crippen LogP) is 1.16. The van der Waals surface area contributed by atoms with Crippen molar-refractivity contribution < 1.29 is 4.74 Å². The molecule has 2 atom stereocenters. The smallest absolute Gasteiger partial charge is 0.0510 e. The first-order chi connectivity index (χ1) is 9.81. The Morgan fingerprint density at radius 3 is 2.40 bits per heavy atom. The highest BCUT2D eigenvalue weighted by atomic mass is 16.5. The number of hydrogen-bond acceptors (Lipinski definition) is 4. The molecule has 0 aromatic rings. The van der Waals surface area contributed by atoms with Gasteiger partial charge in [0.1, 0.15) is 0 Å². The number of hydrogen-bond donors (Lipinski definition) is 1. The number of piperidine rings is 1. The topological polar surface area (TPSA) is 41.7 Å². The monoisotopic (exact) mass is 281 g/mol. The van der Waals surface area contributed by atoms with E-state index in [2.05, 4.69) is 9.80 Å². The fraction of sp³-hybridized carbons (Fsp3) is 1.00. The third-order valence-electron chi connectivity index (χ3n) is 5.46. The Balaban J connectivity index is 1.35. The van der Waals surface area contributed by atoms with Crippen LogP contribution >= 0.6 is 0 Å². The summed E-state index contributed by atoms with van der Waals surface area (Å²) in [5.74, 6) is 1.52. The summed E-state index contributed by atoms with van der Waals surface area (Å²) in [6.45, 7) is 9.39. The third kappa shape index (κ3) is 3.94. The zero-order valence-corrected chi connectivity index (χ0v) is 12.8. The van der Waals surface area contributed by atoms with E-state index < -0.39 is 0 Å². The first kappa shape index (κ1) is 14.8. The van der Waals surface area contributed by atoms with Gasteiger partial charge < -0.3 is 20.3 Å². The zero-order chi connectivity index (χ0) is 13.8. The van der Waals surface area contributed by atoms with Crippen LogP contribution in [0.15, 0.2) is 0 Å². The van der Waals surface area contributed by atoms with Crippen molar-refractivity contribution in [2.75, 3.05) is 52.5 Å². The van der Waals surface area contributed by atoms with Crippen molar-refractivity contribution in [1.82, 2.24) is 9.80 Å². The van der Waals surface area contributed by atoms with Gasteiger partial charge in [0.25, 0.3) is 0 Å². The molecule has 116 valence electrons. The van der Waals surface area contributed by atoms with E-state index in [-0.39, 0.29) is 0 Å². The minimum Gasteiger partial charge on any atom is -0.381 e. The van der Waals surface area contributed by atoms with Gasteiger partial charge in [0.15, 0.2) is 0 Å². The first-order valence-electron chi connectivity index (χ1n) is 8.59. The number of likely N-dealkylation sites (tertiary alicyclic amines) is 2. The van der Waals surface area contributed by atoms with Gasteiger partial charge in [-0.2, -0.15) is 0 Å². The van der Waals surface area contributed by atoms with Gasteiger partial charge in [0.05, 0.1) is 6.61 Å². The summed E-state index contributed by atoms with van der Waals surface area (Å²) in [7, 11) is 0. The number of nitrogens with zero attached hydrogens (tertiary/aromatic N) is 2. The van der Waals surface area contributed by atoms with Crippen LogP contribution in [0.3, 0.4) is 0 Å². The fourth-order valence-corrected chi connectivity index (χ4v) is 4.02. The summed E-state index contributed by atoms with van der Waals surface area (Å²) in [6.07, 6.45) is 6.72. The molecule has 3 saturated heterocycles. The minimum atomic E-state index is 0.313. The van der Waals surface area contributed by atoms with Gasteiger partial charge in [-0.05, 0) is 64.2 Å². The van der Waals surface area contributed by atoms with Crippen LogP contribution in [-0.4, -0.2) is 68.3 Å². The van der Waals surface area contributed by atoms with Crippen LogP contribution in [0.2, 0.25) is 0 Å². The molecule has 4 nitrogen and oxygen atoms in total.